The second kappa shape index (κ2) is 11.4. The number of sulfonamides is 1. The first-order valence-electron chi connectivity index (χ1n) is 13.0. The van der Waals surface area contributed by atoms with Crippen LogP contribution in [0, 0.1) is 11.3 Å². The first kappa shape index (κ1) is 26.8. The van der Waals surface area contributed by atoms with Crippen LogP contribution in [-0.2, 0) is 26.0 Å². The Balaban J connectivity index is 1.30. The second-order valence-corrected chi connectivity index (χ2v) is 12.5. The van der Waals surface area contributed by atoms with Crippen molar-refractivity contribution >= 4 is 15.8 Å². The summed E-state index contributed by atoms with van der Waals surface area (Å²) >= 11 is 0. The summed E-state index contributed by atoms with van der Waals surface area (Å²) in [5.74, 6) is 1.35. The average Bonchev–Trinajstić information content (AvgIpc) is 3.28. The molecule has 4 rings (SSSR count). The van der Waals surface area contributed by atoms with Gasteiger partial charge in [-0.15, -0.1) is 0 Å². The molecule has 0 radical (unpaired) electrons. The smallest absolute Gasteiger partial charge is 0.243 e. The summed E-state index contributed by atoms with van der Waals surface area (Å²) in [4.78, 5) is 13.4. The summed E-state index contributed by atoms with van der Waals surface area (Å²) in [6.07, 6.45) is 6.28. The maximum absolute atomic E-state index is 13.2. The molecule has 0 bridgehead atoms. The van der Waals surface area contributed by atoms with Crippen LogP contribution >= 0.6 is 0 Å². The van der Waals surface area contributed by atoms with Crippen molar-refractivity contribution < 1.29 is 22.7 Å². The zero-order valence-corrected chi connectivity index (χ0v) is 22.6. The summed E-state index contributed by atoms with van der Waals surface area (Å²) in [5, 5.41) is 0. The number of hydrogen-bond acceptors (Lipinski definition) is 5. The molecule has 2 aromatic rings. The van der Waals surface area contributed by atoms with Gasteiger partial charge < -0.3 is 9.47 Å². The highest BCUT2D eigenvalue weighted by molar-refractivity contribution is 7.89. The number of carbonyl (C=O) groups is 1. The highest BCUT2D eigenvalue weighted by Gasteiger charge is 2.44. The van der Waals surface area contributed by atoms with Crippen LogP contribution in [0.25, 0.3) is 0 Å². The molecule has 2 unspecified atom stereocenters. The maximum Gasteiger partial charge on any atom is 0.243 e. The number of ether oxygens (including phenoxy) is 2. The van der Waals surface area contributed by atoms with Gasteiger partial charge in [0, 0.05) is 32.5 Å². The molecule has 7 heteroatoms. The zero-order chi connectivity index (χ0) is 25.8. The van der Waals surface area contributed by atoms with E-state index in [4.69, 9.17) is 9.47 Å². The lowest BCUT2D eigenvalue weighted by atomic mass is 9.76. The molecule has 1 heterocycles. The number of ketones is 1. The van der Waals surface area contributed by atoms with Crippen LogP contribution in [0.4, 0.5) is 0 Å². The van der Waals surface area contributed by atoms with Gasteiger partial charge in [0.05, 0.1) is 18.6 Å². The molecule has 1 saturated heterocycles. The highest BCUT2D eigenvalue weighted by Crippen LogP contribution is 2.50. The van der Waals surface area contributed by atoms with Crippen molar-refractivity contribution in [2.45, 2.75) is 62.7 Å². The van der Waals surface area contributed by atoms with Crippen molar-refractivity contribution in [3.8, 4) is 5.75 Å². The minimum absolute atomic E-state index is 0.125. The van der Waals surface area contributed by atoms with Gasteiger partial charge in [0.15, 0.2) is 0 Å². The van der Waals surface area contributed by atoms with Gasteiger partial charge in [-0.2, -0.15) is 4.31 Å². The van der Waals surface area contributed by atoms with Crippen molar-refractivity contribution in [1.29, 1.82) is 0 Å². The van der Waals surface area contributed by atoms with Gasteiger partial charge in [-0.3, -0.25) is 4.79 Å². The van der Waals surface area contributed by atoms with Crippen LogP contribution in [0.5, 0.6) is 5.75 Å². The maximum atomic E-state index is 13.2. The molecule has 2 fully saturated rings. The molecule has 0 aromatic heterocycles. The quantitative estimate of drug-likeness (QED) is 0.436. The number of methoxy groups -OCH3 is 2. The van der Waals surface area contributed by atoms with E-state index in [-0.39, 0.29) is 17.1 Å². The molecule has 1 aliphatic heterocycles. The fourth-order valence-electron chi connectivity index (χ4n) is 5.89. The van der Waals surface area contributed by atoms with Gasteiger partial charge in [-0.25, -0.2) is 8.42 Å². The monoisotopic (exact) mass is 513 g/mol. The van der Waals surface area contributed by atoms with Crippen LogP contribution in [-0.4, -0.2) is 52.4 Å². The van der Waals surface area contributed by atoms with Crippen LogP contribution in [0.2, 0.25) is 0 Å². The number of hydrogen-bond donors (Lipinski definition) is 0. The van der Waals surface area contributed by atoms with E-state index in [1.54, 1.807) is 30.7 Å². The second-order valence-electron chi connectivity index (χ2n) is 10.6. The molecule has 2 aliphatic rings. The lowest BCUT2D eigenvalue weighted by molar-refractivity contribution is -0.121. The number of rotatable bonds is 10. The molecule has 1 aliphatic carbocycles. The van der Waals surface area contributed by atoms with Crippen molar-refractivity contribution in [2.24, 2.45) is 11.3 Å². The van der Waals surface area contributed by atoms with E-state index in [0.717, 1.165) is 55.4 Å². The van der Waals surface area contributed by atoms with E-state index in [1.807, 2.05) is 43.3 Å². The molecule has 0 N–H and O–H groups in total. The van der Waals surface area contributed by atoms with Crippen molar-refractivity contribution in [2.75, 3.05) is 33.9 Å². The fourth-order valence-corrected chi connectivity index (χ4v) is 7.33. The fraction of sp³-hybridized carbons (Fsp3) is 0.552. The average molecular weight is 514 g/mol. The van der Waals surface area contributed by atoms with Gasteiger partial charge in [0.25, 0.3) is 0 Å². The summed E-state index contributed by atoms with van der Waals surface area (Å²) in [7, 11) is -0.184. The summed E-state index contributed by atoms with van der Waals surface area (Å²) in [6.45, 7) is 3.71. The summed E-state index contributed by atoms with van der Waals surface area (Å²) < 4.78 is 38.4. The first-order valence-corrected chi connectivity index (χ1v) is 14.4. The number of Topliss-reactive ketones (excluding diaryl/α,β-unsaturated/α-hetero) is 1. The Hall–Kier alpha value is -2.22. The lowest BCUT2D eigenvalue weighted by Crippen LogP contribution is -2.42. The minimum atomic E-state index is -3.49. The SMILES string of the molecule is COCCc1ccc(S(=O)(=O)N2CCC3(CCC(CC(=O)C(C)c4ccc(OC)cc4)C3)CC2)cc1. The largest absolute Gasteiger partial charge is 0.497 e. The van der Waals surface area contributed by atoms with Crippen LogP contribution in [0.3, 0.4) is 0 Å². The zero-order valence-electron chi connectivity index (χ0n) is 21.7. The van der Waals surface area contributed by atoms with Gasteiger partial charge in [-0.1, -0.05) is 31.2 Å². The van der Waals surface area contributed by atoms with Crippen LogP contribution in [0.15, 0.2) is 53.4 Å². The van der Waals surface area contributed by atoms with E-state index in [2.05, 4.69) is 0 Å². The lowest BCUT2D eigenvalue weighted by Gasteiger charge is -2.39. The third-order valence-corrected chi connectivity index (χ3v) is 10.2. The minimum Gasteiger partial charge on any atom is -0.497 e. The Morgan fingerprint density at radius 1 is 1.03 bits per heavy atom. The Morgan fingerprint density at radius 3 is 2.31 bits per heavy atom. The topological polar surface area (TPSA) is 72.9 Å². The summed E-state index contributed by atoms with van der Waals surface area (Å²) in [6, 6.07) is 14.9. The Morgan fingerprint density at radius 2 is 1.69 bits per heavy atom. The molecular formula is C29H39NO5S. The molecule has 2 atom stereocenters. The third kappa shape index (κ3) is 6.01. The van der Waals surface area contributed by atoms with Gasteiger partial charge in [-0.05, 0) is 85.3 Å². The molecule has 0 amide bonds. The van der Waals surface area contributed by atoms with E-state index in [9.17, 15) is 13.2 Å². The van der Waals surface area contributed by atoms with Crippen LogP contribution in [0.1, 0.15) is 62.5 Å². The first-order chi connectivity index (χ1) is 17.3. The van der Waals surface area contributed by atoms with E-state index in [1.165, 1.54) is 0 Å². The Bertz CT molecular complexity index is 1120. The molecule has 36 heavy (non-hydrogen) atoms. The molecule has 2 aromatic carbocycles. The standard InChI is InChI=1S/C29H39NO5S/c1-22(25-6-8-26(35-3)9-7-25)28(31)20-24-12-14-29(21-24)15-17-30(18-16-29)36(32,33)27-10-4-23(5-11-27)13-19-34-2/h4-11,22,24H,12-21H2,1-3H3. The Labute approximate surface area is 216 Å². The third-order valence-electron chi connectivity index (χ3n) is 8.33. The van der Waals surface area contributed by atoms with Crippen molar-refractivity contribution in [3.05, 3.63) is 59.7 Å². The van der Waals surface area contributed by atoms with Crippen molar-refractivity contribution in [1.82, 2.24) is 4.31 Å². The molecule has 1 saturated carbocycles. The van der Waals surface area contributed by atoms with E-state index in [0.29, 0.717) is 36.9 Å². The number of carbonyl (C=O) groups excluding carboxylic acids is 1. The summed E-state index contributed by atoms with van der Waals surface area (Å²) in [5.41, 5.74) is 2.27. The highest BCUT2D eigenvalue weighted by atomic mass is 32.2. The van der Waals surface area contributed by atoms with E-state index < -0.39 is 10.0 Å². The predicted molar refractivity (Wildman–Crippen MR) is 141 cm³/mol. The number of nitrogens with zero attached hydrogens (tertiary/aromatic N) is 1. The normalized spacial score (nSPS) is 20.9. The van der Waals surface area contributed by atoms with Crippen LogP contribution < -0.4 is 4.74 Å². The molecule has 1 spiro atoms. The van der Waals surface area contributed by atoms with Gasteiger partial charge in [0.1, 0.15) is 11.5 Å². The predicted octanol–water partition coefficient (Wildman–Crippen LogP) is 5.22. The molecular weight excluding hydrogens is 474 g/mol. The number of piperidine rings is 1. The molecule has 6 nitrogen and oxygen atoms in total. The van der Waals surface area contributed by atoms with Gasteiger partial charge in [0.2, 0.25) is 10.0 Å². The Kier molecular flexibility index (Phi) is 8.53. The van der Waals surface area contributed by atoms with E-state index >= 15 is 0 Å². The molecule has 196 valence electrons. The van der Waals surface area contributed by atoms with Crippen molar-refractivity contribution in [3.63, 3.8) is 0 Å². The van der Waals surface area contributed by atoms with Gasteiger partial charge >= 0.3 is 0 Å². The number of benzene rings is 2.